The summed E-state index contributed by atoms with van der Waals surface area (Å²) < 4.78 is 45.7. The van der Waals surface area contributed by atoms with Gasteiger partial charge in [0.05, 0.1) is 17.7 Å². The van der Waals surface area contributed by atoms with Gasteiger partial charge in [0.15, 0.2) is 9.84 Å². The molecule has 1 fully saturated rings. The molecule has 0 aromatic carbocycles. The Morgan fingerprint density at radius 1 is 1.33 bits per heavy atom. The number of sulfone groups is 2. The molecule has 0 aliphatic carbocycles. The second kappa shape index (κ2) is 3.39. The maximum atomic E-state index is 11.7. The van der Waals surface area contributed by atoms with Crippen LogP contribution in [0.4, 0.5) is 0 Å². The minimum atomic E-state index is -3.54. The summed E-state index contributed by atoms with van der Waals surface area (Å²) >= 11 is 2.88. The molecule has 0 N–H and O–H groups in total. The number of aliphatic imine (C=N–C) groups is 1. The molecule has 2 rings (SSSR count). The van der Waals surface area contributed by atoms with E-state index in [-0.39, 0.29) is 20.4 Å². The van der Waals surface area contributed by atoms with Crippen molar-refractivity contribution in [1.29, 1.82) is 0 Å². The van der Waals surface area contributed by atoms with E-state index in [9.17, 15) is 16.8 Å². The van der Waals surface area contributed by atoms with E-state index in [4.69, 9.17) is 0 Å². The third kappa shape index (κ3) is 1.90. The van der Waals surface area contributed by atoms with Crippen LogP contribution in [-0.2, 0) is 19.7 Å². The van der Waals surface area contributed by atoms with Gasteiger partial charge in [-0.2, -0.15) is 0 Å². The summed E-state index contributed by atoms with van der Waals surface area (Å²) in [6.07, 6.45) is 1.55. The van der Waals surface area contributed by atoms with Crippen LogP contribution in [0.5, 0.6) is 0 Å². The van der Waals surface area contributed by atoms with Crippen molar-refractivity contribution in [1.82, 2.24) is 0 Å². The van der Waals surface area contributed by atoms with E-state index in [1.807, 2.05) is 0 Å². The Morgan fingerprint density at radius 3 is 2.40 bits per heavy atom. The van der Waals surface area contributed by atoms with Crippen LogP contribution in [0, 0.1) is 5.92 Å². The van der Waals surface area contributed by atoms with Crippen LogP contribution in [0.15, 0.2) is 15.0 Å². The Labute approximate surface area is 96.2 Å². The molecule has 8 heteroatoms. The largest absolute Gasteiger partial charge is 0.247 e. The van der Waals surface area contributed by atoms with Crippen molar-refractivity contribution >= 4 is 40.6 Å². The molecule has 0 aromatic rings. The second-order valence-corrected chi connectivity index (χ2v) is 8.98. The van der Waals surface area contributed by atoms with Gasteiger partial charge in [-0.25, -0.2) is 21.8 Å². The van der Waals surface area contributed by atoms with Gasteiger partial charge in [0.1, 0.15) is 8.86 Å². The molecule has 5 nitrogen and oxygen atoms in total. The number of halogens is 1. The first-order valence-corrected chi connectivity index (χ1v) is 8.31. The molecule has 2 heterocycles. The summed E-state index contributed by atoms with van der Waals surface area (Å²) in [4.78, 5) is 3.77. The molecule has 0 saturated carbocycles. The number of rotatable bonds is 1. The molecule has 1 saturated heterocycles. The highest BCUT2D eigenvalue weighted by Crippen LogP contribution is 2.31. The standard InChI is InChI=1S/C7H8BrNO4S2/c8-6-3-9-7(15(6,12)13)5-1-2-14(10,11)4-5/h3,5H,1-2,4H2. The molecular formula is C7H8BrNO4S2. The molecule has 0 radical (unpaired) electrons. The average molecular weight is 314 g/mol. The molecule has 2 aliphatic rings. The lowest BCUT2D eigenvalue weighted by molar-refractivity contribution is 0.601. The summed E-state index contributed by atoms with van der Waals surface area (Å²) in [5.41, 5.74) is 0. The van der Waals surface area contributed by atoms with Crippen LogP contribution in [0.25, 0.3) is 0 Å². The van der Waals surface area contributed by atoms with E-state index in [0.29, 0.717) is 6.42 Å². The summed E-state index contributed by atoms with van der Waals surface area (Å²) in [6, 6.07) is 0. The van der Waals surface area contributed by atoms with Crippen LogP contribution < -0.4 is 0 Å². The second-order valence-electron chi connectivity index (χ2n) is 3.50. The van der Waals surface area contributed by atoms with Crippen molar-refractivity contribution in [3.05, 3.63) is 10.0 Å². The minimum Gasteiger partial charge on any atom is -0.247 e. The molecule has 1 atom stereocenters. The van der Waals surface area contributed by atoms with Gasteiger partial charge in [-0.15, -0.1) is 0 Å². The van der Waals surface area contributed by atoms with E-state index >= 15 is 0 Å². The van der Waals surface area contributed by atoms with Crippen molar-refractivity contribution < 1.29 is 16.8 Å². The van der Waals surface area contributed by atoms with Crippen LogP contribution in [0.3, 0.4) is 0 Å². The van der Waals surface area contributed by atoms with Gasteiger partial charge in [-0.3, -0.25) is 0 Å². The van der Waals surface area contributed by atoms with Gasteiger partial charge in [-0.1, -0.05) is 0 Å². The van der Waals surface area contributed by atoms with E-state index in [1.165, 1.54) is 6.20 Å². The third-order valence-electron chi connectivity index (χ3n) is 2.41. The molecule has 1 unspecified atom stereocenters. The average Bonchev–Trinajstić information content (AvgIpc) is 2.56. The lowest BCUT2D eigenvalue weighted by Crippen LogP contribution is -2.22. The fourth-order valence-corrected chi connectivity index (χ4v) is 5.34. The number of hydrogen-bond donors (Lipinski definition) is 0. The Morgan fingerprint density at radius 2 is 2.00 bits per heavy atom. The first kappa shape index (κ1) is 11.3. The first-order valence-electron chi connectivity index (χ1n) is 4.22. The van der Waals surface area contributed by atoms with Crippen LogP contribution in [0.1, 0.15) is 6.42 Å². The van der Waals surface area contributed by atoms with Gasteiger partial charge >= 0.3 is 0 Å². The smallest absolute Gasteiger partial charge is 0.228 e. The number of nitrogens with zero attached hydrogens (tertiary/aromatic N) is 1. The highest BCUT2D eigenvalue weighted by atomic mass is 79.9. The normalized spacial score (nSPS) is 32.5. The zero-order valence-corrected chi connectivity index (χ0v) is 10.8. The molecule has 2 aliphatic heterocycles. The highest BCUT2D eigenvalue weighted by Gasteiger charge is 2.40. The van der Waals surface area contributed by atoms with Crippen molar-refractivity contribution in [2.75, 3.05) is 11.5 Å². The maximum absolute atomic E-state index is 11.7. The summed E-state index contributed by atoms with van der Waals surface area (Å²) in [5.74, 6) is -0.547. The Balaban J connectivity index is 2.31. The van der Waals surface area contributed by atoms with Crippen LogP contribution >= 0.6 is 15.9 Å². The zero-order chi connectivity index (χ0) is 11.3. The van der Waals surface area contributed by atoms with Crippen molar-refractivity contribution in [3.63, 3.8) is 0 Å². The molecule has 84 valence electrons. The van der Waals surface area contributed by atoms with E-state index in [1.54, 1.807) is 0 Å². The first-order chi connectivity index (χ1) is 6.83. The SMILES string of the molecule is O=S1(=O)CCC(C2=NC=C(Br)S2(=O)=O)C1. The molecule has 15 heavy (non-hydrogen) atoms. The Hall–Kier alpha value is -0.210. The maximum Gasteiger partial charge on any atom is 0.228 e. The van der Waals surface area contributed by atoms with Gasteiger partial charge in [-0.05, 0) is 22.4 Å². The monoisotopic (exact) mass is 313 g/mol. The van der Waals surface area contributed by atoms with Crippen LogP contribution in [-0.4, -0.2) is 33.4 Å². The van der Waals surface area contributed by atoms with Crippen molar-refractivity contribution in [2.24, 2.45) is 10.9 Å². The van der Waals surface area contributed by atoms with Crippen molar-refractivity contribution in [3.8, 4) is 0 Å². The van der Waals surface area contributed by atoms with Gasteiger partial charge in [0, 0.05) is 5.92 Å². The Bertz CT molecular complexity index is 558. The molecule has 0 amide bonds. The molecule has 0 bridgehead atoms. The number of hydrogen-bond acceptors (Lipinski definition) is 5. The topological polar surface area (TPSA) is 80.6 Å². The predicted octanol–water partition coefficient (Wildman–Crippen LogP) is 0.442. The summed E-state index contributed by atoms with van der Waals surface area (Å²) in [6.45, 7) is 0. The lowest BCUT2D eigenvalue weighted by atomic mass is 10.1. The molecule has 0 spiro atoms. The van der Waals surface area contributed by atoms with Gasteiger partial charge in [0.2, 0.25) is 9.84 Å². The highest BCUT2D eigenvalue weighted by molar-refractivity contribution is 9.14. The third-order valence-corrected chi connectivity index (χ3v) is 7.27. The van der Waals surface area contributed by atoms with Gasteiger partial charge in [0.25, 0.3) is 0 Å². The zero-order valence-electron chi connectivity index (χ0n) is 7.55. The fraction of sp³-hybridized carbons (Fsp3) is 0.571. The van der Waals surface area contributed by atoms with Crippen molar-refractivity contribution in [2.45, 2.75) is 6.42 Å². The van der Waals surface area contributed by atoms with E-state index in [0.717, 1.165) is 0 Å². The Kier molecular flexibility index (Phi) is 2.55. The minimum absolute atomic E-state index is 0.00861. The molecule has 0 aromatic heterocycles. The van der Waals surface area contributed by atoms with Crippen LogP contribution in [0.2, 0.25) is 0 Å². The summed E-state index contributed by atoms with van der Waals surface area (Å²) in [7, 11) is -6.62. The lowest BCUT2D eigenvalue weighted by Gasteiger charge is -2.06. The van der Waals surface area contributed by atoms with E-state index < -0.39 is 25.6 Å². The quantitative estimate of drug-likeness (QED) is 0.703. The summed E-state index contributed by atoms with van der Waals surface area (Å²) in [5, 5.41) is -0.0181. The predicted molar refractivity (Wildman–Crippen MR) is 60.1 cm³/mol. The molecular weight excluding hydrogens is 306 g/mol. The van der Waals surface area contributed by atoms with E-state index in [2.05, 4.69) is 20.9 Å². The fourth-order valence-electron chi connectivity index (χ4n) is 1.67. The van der Waals surface area contributed by atoms with Gasteiger partial charge < -0.3 is 0 Å².